The minimum atomic E-state index is -0.428. The second kappa shape index (κ2) is 7.61. The van der Waals surface area contributed by atoms with Crippen LogP contribution in [0.15, 0.2) is 12.3 Å². The molecular formula is C14H23N3O2. The molecule has 1 rings (SSSR count). The number of carbonyl (C=O) groups is 1. The molecule has 0 aliphatic carbocycles. The highest BCUT2D eigenvalue weighted by Crippen LogP contribution is 2.18. The minimum Gasteiger partial charge on any atom is -0.465 e. The largest absolute Gasteiger partial charge is 0.465 e. The van der Waals surface area contributed by atoms with Crippen molar-refractivity contribution in [2.45, 2.75) is 45.6 Å². The van der Waals surface area contributed by atoms with Crippen molar-refractivity contribution in [3.05, 3.63) is 17.8 Å². The SMILES string of the molecule is CCCCCC(C)Nc1ncc(N)cc1C(=O)OC. The molecule has 0 aliphatic rings. The van der Waals surface area contributed by atoms with Gasteiger partial charge in [0, 0.05) is 6.04 Å². The first-order valence-electron chi connectivity index (χ1n) is 6.68. The van der Waals surface area contributed by atoms with Crippen molar-refractivity contribution in [3.8, 4) is 0 Å². The van der Waals surface area contributed by atoms with Crippen molar-refractivity contribution in [1.29, 1.82) is 0 Å². The Balaban J connectivity index is 2.74. The Bertz CT molecular complexity index is 421. The molecule has 106 valence electrons. The third-order valence-electron chi connectivity index (χ3n) is 2.94. The molecule has 1 aromatic rings. The van der Waals surface area contributed by atoms with E-state index in [1.165, 1.54) is 26.1 Å². The first kappa shape index (κ1) is 15.3. The summed E-state index contributed by atoms with van der Waals surface area (Å²) in [7, 11) is 1.35. The number of unbranched alkanes of at least 4 members (excludes halogenated alkanes) is 2. The second-order valence-electron chi connectivity index (χ2n) is 4.70. The molecule has 0 aromatic carbocycles. The van der Waals surface area contributed by atoms with E-state index in [0.717, 1.165) is 12.8 Å². The van der Waals surface area contributed by atoms with Crippen LogP contribution < -0.4 is 11.1 Å². The lowest BCUT2D eigenvalue weighted by atomic mass is 10.1. The number of hydrogen-bond donors (Lipinski definition) is 2. The Hall–Kier alpha value is -1.78. The standard InChI is InChI=1S/C14H23N3O2/c1-4-5-6-7-10(2)17-13-12(14(18)19-3)8-11(15)9-16-13/h8-10H,4-7,15H2,1-3H3,(H,16,17). The molecule has 0 radical (unpaired) electrons. The number of nitrogens with zero attached hydrogens (tertiary/aromatic N) is 1. The number of ether oxygens (including phenoxy) is 1. The van der Waals surface area contributed by atoms with Crippen molar-refractivity contribution in [3.63, 3.8) is 0 Å². The molecule has 0 saturated heterocycles. The maximum Gasteiger partial charge on any atom is 0.341 e. The van der Waals surface area contributed by atoms with Gasteiger partial charge in [-0.25, -0.2) is 9.78 Å². The molecule has 1 heterocycles. The summed E-state index contributed by atoms with van der Waals surface area (Å²) in [6.45, 7) is 4.25. The molecule has 0 spiro atoms. The fourth-order valence-electron chi connectivity index (χ4n) is 1.87. The molecule has 0 aliphatic heterocycles. The number of nitrogens with two attached hydrogens (primary N) is 1. The van der Waals surface area contributed by atoms with E-state index in [2.05, 4.69) is 24.1 Å². The van der Waals surface area contributed by atoms with Gasteiger partial charge in [0.05, 0.1) is 19.0 Å². The fourth-order valence-corrected chi connectivity index (χ4v) is 1.87. The van der Waals surface area contributed by atoms with Gasteiger partial charge in [0.15, 0.2) is 0 Å². The first-order valence-corrected chi connectivity index (χ1v) is 6.68. The predicted octanol–water partition coefficient (Wildman–Crippen LogP) is 2.83. The Morgan fingerprint density at radius 1 is 1.53 bits per heavy atom. The van der Waals surface area contributed by atoms with Gasteiger partial charge in [-0.3, -0.25) is 0 Å². The van der Waals surface area contributed by atoms with Crippen LogP contribution in [0, 0.1) is 0 Å². The quantitative estimate of drug-likeness (QED) is 0.585. The minimum absolute atomic E-state index is 0.256. The van der Waals surface area contributed by atoms with E-state index in [0.29, 0.717) is 17.1 Å². The van der Waals surface area contributed by atoms with Gasteiger partial charge in [-0.1, -0.05) is 26.2 Å². The van der Waals surface area contributed by atoms with Crippen molar-refractivity contribution < 1.29 is 9.53 Å². The van der Waals surface area contributed by atoms with E-state index in [9.17, 15) is 4.79 Å². The van der Waals surface area contributed by atoms with Crippen LogP contribution in [0.4, 0.5) is 11.5 Å². The molecule has 0 saturated carbocycles. The van der Waals surface area contributed by atoms with Crippen LogP contribution in [-0.2, 0) is 4.74 Å². The maximum absolute atomic E-state index is 11.7. The van der Waals surface area contributed by atoms with Gasteiger partial charge in [0.25, 0.3) is 0 Å². The van der Waals surface area contributed by atoms with Crippen molar-refractivity contribution in [2.24, 2.45) is 0 Å². The molecule has 19 heavy (non-hydrogen) atoms. The molecule has 3 N–H and O–H groups in total. The number of hydrogen-bond acceptors (Lipinski definition) is 5. The third-order valence-corrected chi connectivity index (χ3v) is 2.94. The highest BCUT2D eigenvalue weighted by atomic mass is 16.5. The number of anilines is 2. The zero-order valence-electron chi connectivity index (χ0n) is 11.9. The lowest BCUT2D eigenvalue weighted by molar-refractivity contribution is 0.0601. The lowest BCUT2D eigenvalue weighted by Crippen LogP contribution is -2.19. The van der Waals surface area contributed by atoms with E-state index in [1.54, 1.807) is 6.07 Å². The average molecular weight is 265 g/mol. The molecule has 0 fully saturated rings. The summed E-state index contributed by atoms with van der Waals surface area (Å²) in [6, 6.07) is 1.84. The van der Waals surface area contributed by atoms with Gasteiger partial charge in [0.2, 0.25) is 0 Å². The monoisotopic (exact) mass is 265 g/mol. The van der Waals surface area contributed by atoms with Crippen LogP contribution in [0.1, 0.15) is 49.9 Å². The van der Waals surface area contributed by atoms with Gasteiger partial charge >= 0.3 is 5.97 Å². The Labute approximate surface area is 114 Å². The number of carbonyl (C=O) groups excluding carboxylic acids is 1. The number of aromatic nitrogens is 1. The third kappa shape index (κ3) is 4.77. The van der Waals surface area contributed by atoms with E-state index in [1.807, 2.05) is 0 Å². The van der Waals surface area contributed by atoms with Crippen LogP contribution >= 0.6 is 0 Å². The zero-order chi connectivity index (χ0) is 14.3. The summed E-state index contributed by atoms with van der Waals surface area (Å²) in [4.78, 5) is 15.8. The summed E-state index contributed by atoms with van der Waals surface area (Å²) in [5, 5.41) is 3.24. The van der Waals surface area contributed by atoms with Gasteiger partial charge in [-0.05, 0) is 19.4 Å². The van der Waals surface area contributed by atoms with E-state index in [4.69, 9.17) is 10.5 Å². The maximum atomic E-state index is 11.7. The number of pyridine rings is 1. The predicted molar refractivity (Wildman–Crippen MR) is 77.2 cm³/mol. The molecule has 0 amide bonds. The normalized spacial score (nSPS) is 11.9. The topological polar surface area (TPSA) is 77.2 Å². The van der Waals surface area contributed by atoms with Crippen molar-refractivity contribution >= 4 is 17.5 Å². The van der Waals surface area contributed by atoms with Gasteiger partial charge in [0.1, 0.15) is 11.4 Å². The number of nitrogens with one attached hydrogen (secondary N) is 1. The molecule has 5 heteroatoms. The first-order chi connectivity index (χ1) is 9.08. The second-order valence-corrected chi connectivity index (χ2v) is 4.70. The summed E-state index contributed by atoms with van der Waals surface area (Å²) in [6.07, 6.45) is 6.15. The molecule has 5 nitrogen and oxygen atoms in total. The average Bonchev–Trinajstić information content (AvgIpc) is 2.40. The van der Waals surface area contributed by atoms with Crippen LogP contribution in [0.25, 0.3) is 0 Å². The highest BCUT2D eigenvalue weighted by molar-refractivity contribution is 5.95. The Morgan fingerprint density at radius 2 is 2.26 bits per heavy atom. The van der Waals surface area contributed by atoms with Crippen LogP contribution in [0.2, 0.25) is 0 Å². The van der Waals surface area contributed by atoms with Crippen LogP contribution in [0.5, 0.6) is 0 Å². The summed E-state index contributed by atoms with van der Waals surface area (Å²) in [5.41, 5.74) is 6.48. The summed E-state index contributed by atoms with van der Waals surface area (Å²) < 4.78 is 4.74. The zero-order valence-corrected chi connectivity index (χ0v) is 11.9. The molecule has 1 atom stereocenters. The number of esters is 1. The molecule has 0 bridgehead atoms. The molecular weight excluding hydrogens is 242 g/mol. The van der Waals surface area contributed by atoms with Gasteiger partial charge < -0.3 is 15.8 Å². The lowest BCUT2D eigenvalue weighted by Gasteiger charge is -2.16. The van der Waals surface area contributed by atoms with Crippen molar-refractivity contribution in [2.75, 3.05) is 18.2 Å². The fraction of sp³-hybridized carbons (Fsp3) is 0.571. The summed E-state index contributed by atoms with van der Waals surface area (Å²) >= 11 is 0. The number of rotatable bonds is 7. The molecule has 1 aromatic heterocycles. The molecule has 1 unspecified atom stereocenters. The van der Waals surface area contributed by atoms with E-state index < -0.39 is 5.97 Å². The van der Waals surface area contributed by atoms with Crippen LogP contribution in [0.3, 0.4) is 0 Å². The van der Waals surface area contributed by atoms with E-state index >= 15 is 0 Å². The highest BCUT2D eigenvalue weighted by Gasteiger charge is 2.15. The van der Waals surface area contributed by atoms with Crippen LogP contribution in [-0.4, -0.2) is 24.1 Å². The number of nitrogen functional groups attached to an aromatic ring is 1. The van der Waals surface area contributed by atoms with E-state index in [-0.39, 0.29) is 6.04 Å². The number of methoxy groups -OCH3 is 1. The van der Waals surface area contributed by atoms with Crippen molar-refractivity contribution in [1.82, 2.24) is 4.98 Å². The smallest absolute Gasteiger partial charge is 0.341 e. The Kier molecular flexibility index (Phi) is 6.12. The Morgan fingerprint density at radius 3 is 2.89 bits per heavy atom. The van der Waals surface area contributed by atoms with Gasteiger partial charge in [-0.15, -0.1) is 0 Å². The van der Waals surface area contributed by atoms with Gasteiger partial charge in [-0.2, -0.15) is 0 Å². The summed E-state index contributed by atoms with van der Waals surface area (Å²) in [5.74, 6) is 0.105.